The maximum absolute atomic E-state index is 8.95. The van der Waals surface area contributed by atoms with E-state index in [1.165, 1.54) is 0 Å². The van der Waals surface area contributed by atoms with Gasteiger partial charge < -0.3 is 5.11 Å². The molecule has 1 aromatic carbocycles. The van der Waals surface area contributed by atoms with Gasteiger partial charge in [0, 0.05) is 9.37 Å². The fourth-order valence-electron chi connectivity index (χ4n) is 0.497. The van der Waals surface area contributed by atoms with Crippen LogP contribution in [0.4, 0.5) is 0 Å². The number of rotatable bonds is 0. The molecule has 0 saturated heterocycles. The third-order valence-electron chi connectivity index (χ3n) is 0.937. The van der Waals surface area contributed by atoms with E-state index in [1.807, 2.05) is 0 Å². The van der Waals surface area contributed by atoms with Crippen LogP contribution in [0.1, 0.15) is 0 Å². The molecule has 1 nitrogen and oxygen atoms in total. The zero-order chi connectivity index (χ0) is 6.85. The van der Waals surface area contributed by atoms with Crippen molar-refractivity contribution in [3.63, 3.8) is 0 Å². The first kappa shape index (κ1) is 6.96. The van der Waals surface area contributed by atoms with Crippen LogP contribution in [0.3, 0.4) is 0 Å². The van der Waals surface area contributed by atoms with Crippen molar-refractivity contribution >= 4 is 28.6 Å². The molecule has 0 aliphatic carbocycles. The summed E-state index contributed by atoms with van der Waals surface area (Å²) in [7, 11) is 0. The predicted molar refractivity (Wildman–Crippen MR) is 43.1 cm³/mol. The van der Waals surface area contributed by atoms with E-state index in [-0.39, 0.29) is 5.75 Å². The average Bonchev–Trinajstić information content (AvgIpc) is 1.80. The molecular formula is C6H5BrOS. The number of benzene rings is 1. The molecule has 0 aliphatic heterocycles. The summed E-state index contributed by atoms with van der Waals surface area (Å²) in [4.78, 5) is 0.587. The number of phenolic OH excluding ortho intramolecular Hbond substituents is 1. The SMILES string of the molecule is Oc1ccc(Br)cc1S. The number of hydrogen-bond acceptors (Lipinski definition) is 2. The van der Waals surface area contributed by atoms with E-state index in [2.05, 4.69) is 28.6 Å². The van der Waals surface area contributed by atoms with Crippen LogP contribution < -0.4 is 0 Å². The summed E-state index contributed by atoms with van der Waals surface area (Å²) in [6.07, 6.45) is 0. The Morgan fingerprint density at radius 3 is 2.56 bits per heavy atom. The first-order chi connectivity index (χ1) is 4.20. The second kappa shape index (κ2) is 2.62. The summed E-state index contributed by atoms with van der Waals surface area (Å²) in [5, 5.41) is 8.95. The van der Waals surface area contributed by atoms with Crippen LogP contribution in [0.2, 0.25) is 0 Å². The Balaban J connectivity index is 3.17. The van der Waals surface area contributed by atoms with Gasteiger partial charge in [0.05, 0.1) is 0 Å². The van der Waals surface area contributed by atoms with Crippen molar-refractivity contribution in [1.82, 2.24) is 0 Å². The van der Waals surface area contributed by atoms with Crippen molar-refractivity contribution < 1.29 is 5.11 Å². The topological polar surface area (TPSA) is 20.2 Å². The highest BCUT2D eigenvalue weighted by Crippen LogP contribution is 2.24. The van der Waals surface area contributed by atoms with E-state index < -0.39 is 0 Å². The van der Waals surface area contributed by atoms with E-state index in [0.717, 1.165) is 4.47 Å². The molecule has 0 aliphatic rings. The highest BCUT2D eigenvalue weighted by molar-refractivity contribution is 9.10. The number of aromatic hydroxyl groups is 1. The van der Waals surface area contributed by atoms with Crippen molar-refractivity contribution in [1.29, 1.82) is 0 Å². The summed E-state index contributed by atoms with van der Waals surface area (Å²) in [5.41, 5.74) is 0. The zero-order valence-corrected chi connectivity index (χ0v) is 6.98. The van der Waals surface area contributed by atoms with Crippen LogP contribution >= 0.6 is 28.6 Å². The molecule has 1 rings (SSSR count). The van der Waals surface area contributed by atoms with Gasteiger partial charge in [-0.25, -0.2) is 0 Å². The molecule has 0 atom stereocenters. The Hall–Kier alpha value is -0.150. The average molecular weight is 205 g/mol. The maximum Gasteiger partial charge on any atom is 0.128 e. The Morgan fingerprint density at radius 1 is 1.44 bits per heavy atom. The smallest absolute Gasteiger partial charge is 0.128 e. The van der Waals surface area contributed by atoms with Gasteiger partial charge >= 0.3 is 0 Å². The lowest BCUT2D eigenvalue weighted by Gasteiger charge is -1.95. The highest BCUT2D eigenvalue weighted by Gasteiger charge is 1.93. The minimum Gasteiger partial charge on any atom is -0.507 e. The lowest BCUT2D eigenvalue weighted by molar-refractivity contribution is 0.462. The highest BCUT2D eigenvalue weighted by atomic mass is 79.9. The van der Waals surface area contributed by atoms with Crippen molar-refractivity contribution in [2.45, 2.75) is 4.90 Å². The molecule has 0 fully saturated rings. The molecule has 0 amide bonds. The van der Waals surface area contributed by atoms with Gasteiger partial charge in [0.15, 0.2) is 0 Å². The number of thiol groups is 1. The summed E-state index contributed by atoms with van der Waals surface area (Å²) in [6.45, 7) is 0. The van der Waals surface area contributed by atoms with Crippen LogP contribution in [-0.2, 0) is 0 Å². The predicted octanol–water partition coefficient (Wildman–Crippen LogP) is 2.44. The summed E-state index contributed by atoms with van der Waals surface area (Å²) < 4.78 is 0.922. The molecule has 0 saturated carbocycles. The van der Waals surface area contributed by atoms with E-state index in [4.69, 9.17) is 5.11 Å². The van der Waals surface area contributed by atoms with Gasteiger partial charge in [-0.05, 0) is 18.2 Å². The molecule has 1 aromatic rings. The van der Waals surface area contributed by atoms with Crippen LogP contribution in [0.5, 0.6) is 5.75 Å². The molecule has 0 spiro atoms. The maximum atomic E-state index is 8.95. The van der Waals surface area contributed by atoms with Crippen LogP contribution in [0.25, 0.3) is 0 Å². The molecular weight excluding hydrogens is 200 g/mol. The van der Waals surface area contributed by atoms with Crippen LogP contribution in [0, 0.1) is 0 Å². The fourth-order valence-corrected chi connectivity index (χ4v) is 1.25. The Bertz CT molecular complexity index is 224. The second-order valence-corrected chi connectivity index (χ2v) is 3.03. The number of halogens is 1. The molecule has 3 heteroatoms. The molecule has 0 unspecified atom stereocenters. The standard InChI is InChI=1S/C6H5BrOS/c7-4-1-2-5(8)6(9)3-4/h1-3,8-9H. The van der Waals surface area contributed by atoms with Gasteiger partial charge in [-0.15, -0.1) is 12.6 Å². The fraction of sp³-hybridized carbons (Fsp3) is 0. The van der Waals surface area contributed by atoms with Crippen molar-refractivity contribution in [2.75, 3.05) is 0 Å². The molecule has 48 valence electrons. The number of phenols is 1. The number of hydrogen-bond donors (Lipinski definition) is 2. The molecule has 0 radical (unpaired) electrons. The molecule has 9 heavy (non-hydrogen) atoms. The van der Waals surface area contributed by atoms with Gasteiger partial charge in [-0.1, -0.05) is 15.9 Å². The van der Waals surface area contributed by atoms with Crippen molar-refractivity contribution in [2.24, 2.45) is 0 Å². The normalized spacial score (nSPS) is 9.56. The van der Waals surface area contributed by atoms with E-state index in [1.54, 1.807) is 18.2 Å². The zero-order valence-electron chi connectivity index (χ0n) is 4.50. The van der Waals surface area contributed by atoms with E-state index in [0.29, 0.717) is 4.90 Å². The summed E-state index contributed by atoms with van der Waals surface area (Å²) >= 11 is 7.22. The van der Waals surface area contributed by atoms with Crippen LogP contribution in [0.15, 0.2) is 27.6 Å². The minimum absolute atomic E-state index is 0.210. The summed E-state index contributed by atoms with van der Waals surface area (Å²) in [6, 6.07) is 5.08. The Labute approximate surface area is 67.2 Å². The Kier molecular flexibility index (Phi) is 2.03. The van der Waals surface area contributed by atoms with Gasteiger partial charge in [0.1, 0.15) is 5.75 Å². The van der Waals surface area contributed by atoms with Gasteiger partial charge in [-0.3, -0.25) is 0 Å². The van der Waals surface area contributed by atoms with Gasteiger partial charge in [-0.2, -0.15) is 0 Å². The summed E-state index contributed by atoms with van der Waals surface area (Å²) in [5.74, 6) is 0.210. The van der Waals surface area contributed by atoms with Crippen LogP contribution in [-0.4, -0.2) is 5.11 Å². The van der Waals surface area contributed by atoms with E-state index >= 15 is 0 Å². The molecule has 0 heterocycles. The second-order valence-electron chi connectivity index (χ2n) is 1.63. The molecule has 0 aromatic heterocycles. The Morgan fingerprint density at radius 2 is 2.11 bits per heavy atom. The lowest BCUT2D eigenvalue weighted by Crippen LogP contribution is -1.68. The lowest BCUT2D eigenvalue weighted by atomic mass is 10.3. The third kappa shape index (κ3) is 1.63. The van der Waals surface area contributed by atoms with Gasteiger partial charge in [0.2, 0.25) is 0 Å². The van der Waals surface area contributed by atoms with Gasteiger partial charge in [0.25, 0.3) is 0 Å². The van der Waals surface area contributed by atoms with Crippen molar-refractivity contribution in [3.8, 4) is 5.75 Å². The third-order valence-corrected chi connectivity index (χ3v) is 1.79. The largest absolute Gasteiger partial charge is 0.507 e. The molecule has 1 N–H and O–H groups in total. The monoisotopic (exact) mass is 204 g/mol. The quantitative estimate of drug-likeness (QED) is 0.623. The van der Waals surface area contributed by atoms with Crippen molar-refractivity contribution in [3.05, 3.63) is 22.7 Å². The first-order valence-electron chi connectivity index (χ1n) is 2.37. The minimum atomic E-state index is 0.210. The first-order valence-corrected chi connectivity index (χ1v) is 3.61. The van der Waals surface area contributed by atoms with E-state index in [9.17, 15) is 0 Å². The molecule has 0 bridgehead atoms.